The molecule has 4 heteroatoms. The van der Waals surface area contributed by atoms with Crippen LogP contribution in [0.5, 0.6) is 0 Å². The van der Waals surface area contributed by atoms with Crippen LogP contribution in [-0.4, -0.2) is 4.57 Å². The Morgan fingerprint density at radius 3 is 1.67 bits per heavy atom. The van der Waals surface area contributed by atoms with E-state index in [1.165, 1.54) is 16.5 Å². The first kappa shape index (κ1) is 30.3. The SMILES string of the molecule is c1ccc(-c2ccc(N(c3ccc(-c4ccc5c6c7ccccc7oc6n(-c6ccccc6)c5c4)cc3)c3cccc4c3oc3ccccc34)cc2)cc1. The average Bonchev–Trinajstić information content (AvgIpc) is 3.91. The molecule has 11 aromatic rings. The van der Waals surface area contributed by atoms with E-state index in [2.05, 4.69) is 173 Å². The highest BCUT2D eigenvalue weighted by atomic mass is 16.3. The molecular weight excluding hydrogens is 661 g/mol. The third-order valence-corrected chi connectivity index (χ3v) is 10.6. The second-order valence-corrected chi connectivity index (χ2v) is 13.7. The van der Waals surface area contributed by atoms with Gasteiger partial charge in [-0.25, -0.2) is 0 Å². The van der Waals surface area contributed by atoms with E-state index in [0.717, 1.165) is 83.4 Å². The molecule has 0 unspecified atom stereocenters. The summed E-state index contributed by atoms with van der Waals surface area (Å²) in [5.74, 6) is 0. The molecule has 0 aliphatic heterocycles. The Morgan fingerprint density at radius 1 is 0.389 bits per heavy atom. The van der Waals surface area contributed by atoms with Crippen molar-refractivity contribution in [2.75, 3.05) is 4.90 Å². The maximum Gasteiger partial charge on any atom is 0.213 e. The third-order valence-electron chi connectivity index (χ3n) is 10.6. The van der Waals surface area contributed by atoms with Crippen molar-refractivity contribution in [2.45, 2.75) is 0 Å². The molecule has 254 valence electrons. The van der Waals surface area contributed by atoms with Crippen molar-refractivity contribution in [2.24, 2.45) is 0 Å². The Labute approximate surface area is 311 Å². The fraction of sp³-hybridized carbons (Fsp3) is 0. The maximum atomic E-state index is 6.58. The minimum atomic E-state index is 0.860. The fourth-order valence-electron chi connectivity index (χ4n) is 8.07. The molecule has 0 amide bonds. The van der Waals surface area contributed by atoms with E-state index in [4.69, 9.17) is 8.83 Å². The number of furan rings is 2. The summed E-state index contributed by atoms with van der Waals surface area (Å²) in [4.78, 5) is 2.30. The van der Waals surface area contributed by atoms with Crippen LogP contribution >= 0.6 is 0 Å². The summed E-state index contributed by atoms with van der Waals surface area (Å²) in [6.07, 6.45) is 0. The molecule has 3 aromatic heterocycles. The van der Waals surface area contributed by atoms with Gasteiger partial charge in [-0.1, -0.05) is 133 Å². The number of para-hydroxylation sites is 4. The van der Waals surface area contributed by atoms with Gasteiger partial charge in [-0.15, -0.1) is 0 Å². The van der Waals surface area contributed by atoms with E-state index in [0.29, 0.717) is 0 Å². The Balaban J connectivity index is 1.05. The lowest BCUT2D eigenvalue weighted by molar-refractivity contribution is 0.645. The normalized spacial score (nSPS) is 11.7. The lowest BCUT2D eigenvalue weighted by Crippen LogP contribution is -2.10. The van der Waals surface area contributed by atoms with Gasteiger partial charge in [-0.05, 0) is 82.9 Å². The van der Waals surface area contributed by atoms with Crippen molar-refractivity contribution in [3.63, 3.8) is 0 Å². The van der Waals surface area contributed by atoms with Gasteiger partial charge in [0.2, 0.25) is 5.71 Å². The van der Waals surface area contributed by atoms with Crippen LogP contribution in [0.4, 0.5) is 17.1 Å². The number of benzene rings is 8. The molecule has 0 atom stereocenters. The highest BCUT2D eigenvalue weighted by molar-refractivity contribution is 6.20. The van der Waals surface area contributed by atoms with Crippen molar-refractivity contribution < 1.29 is 8.83 Å². The molecule has 0 radical (unpaired) electrons. The van der Waals surface area contributed by atoms with Crippen molar-refractivity contribution in [1.29, 1.82) is 0 Å². The highest BCUT2D eigenvalue weighted by Gasteiger charge is 2.22. The predicted octanol–water partition coefficient (Wildman–Crippen LogP) is 14.2. The molecule has 0 aliphatic carbocycles. The molecule has 54 heavy (non-hydrogen) atoms. The number of fused-ring (bicyclic) bond motifs is 8. The smallest absolute Gasteiger partial charge is 0.213 e. The lowest BCUT2D eigenvalue weighted by atomic mass is 10.0. The van der Waals surface area contributed by atoms with Gasteiger partial charge in [0.1, 0.15) is 11.2 Å². The Kier molecular flexibility index (Phi) is 6.82. The van der Waals surface area contributed by atoms with E-state index in [9.17, 15) is 0 Å². The minimum absolute atomic E-state index is 0.860. The van der Waals surface area contributed by atoms with Crippen LogP contribution < -0.4 is 4.90 Å². The lowest BCUT2D eigenvalue weighted by Gasteiger charge is -2.26. The Bertz CT molecular complexity index is 3130. The minimum Gasteiger partial charge on any atom is -0.454 e. The zero-order valence-electron chi connectivity index (χ0n) is 29.2. The van der Waals surface area contributed by atoms with Crippen LogP contribution in [-0.2, 0) is 0 Å². The van der Waals surface area contributed by atoms with Gasteiger partial charge in [0.15, 0.2) is 5.58 Å². The van der Waals surface area contributed by atoms with E-state index in [1.54, 1.807) is 0 Å². The summed E-state index contributed by atoms with van der Waals surface area (Å²) < 4.78 is 15.3. The van der Waals surface area contributed by atoms with Gasteiger partial charge < -0.3 is 13.7 Å². The number of nitrogens with zero attached hydrogens (tertiary/aromatic N) is 2. The summed E-state index contributed by atoms with van der Waals surface area (Å²) in [7, 11) is 0. The van der Waals surface area contributed by atoms with Crippen molar-refractivity contribution in [3.05, 3.63) is 194 Å². The zero-order valence-corrected chi connectivity index (χ0v) is 29.2. The molecule has 0 N–H and O–H groups in total. The molecule has 0 spiro atoms. The molecule has 4 nitrogen and oxygen atoms in total. The van der Waals surface area contributed by atoms with E-state index in [1.807, 2.05) is 30.3 Å². The van der Waals surface area contributed by atoms with Crippen LogP contribution in [0.25, 0.3) is 82.9 Å². The summed E-state index contributed by atoms with van der Waals surface area (Å²) in [6.45, 7) is 0. The number of anilines is 3. The van der Waals surface area contributed by atoms with Crippen LogP contribution in [0.2, 0.25) is 0 Å². The standard InChI is InChI=1S/C50H32N2O2/c1-3-12-33(13-4-1)34-22-27-38(28-23-34)51(44-19-11-18-41-40-16-7-9-20-46(40)53-49(41)44)39-29-24-35(25-30-39)36-26-31-42-45(32-36)52(37-14-5-2-6-15-37)50-48(42)43-17-8-10-21-47(43)54-50/h1-32H. The molecular formula is C50H32N2O2. The summed E-state index contributed by atoms with van der Waals surface area (Å²) in [6, 6.07) is 68.3. The van der Waals surface area contributed by atoms with E-state index >= 15 is 0 Å². The zero-order chi connectivity index (χ0) is 35.6. The first-order valence-corrected chi connectivity index (χ1v) is 18.3. The number of rotatable bonds is 6. The van der Waals surface area contributed by atoms with Crippen LogP contribution in [0, 0.1) is 0 Å². The topological polar surface area (TPSA) is 34.5 Å². The van der Waals surface area contributed by atoms with Gasteiger partial charge in [0.25, 0.3) is 0 Å². The number of aromatic nitrogens is 1. The van der Waals surface area contributed by atoms with Crippen LogP contribution in [0.1, 0.15) is 0 Å². The Morgan fingerprint density at radius 2 is 0.944 bits per heavy atom. The molecule has 8 aromatic carbocycles. The molecule has 0 saturated carbocycles. The summed E-state index contributed by atoms with van der Waals surface area (Å²) in [5, 5.41) is 5.64. The van der Waals surface area contributed by atoms with Gasteiger partial charge in [0, 0.05) is 38.6 Å². The summed E-state index contributed by atoms with van der Waals surface area (Å²) >= 11 is 0. The number of hydrogen-bond acceptors (Lipinski definition) is 3. The maximum absolute atomic E-state index is 6.58. The predicted molar refractivity (Wildman–Crippen MR) is 223 cm³/mol. The van der Waals surface area contributed by atoms with Crippen LogP contribution in [0.3, 0.4) is 0 Å². The highest BCUT2D eigenvalue weighted by Crippen LogP contribution is 2.44. The molecule has 0 fully saturated rings. The largest absolute Gasteiger partial charge is 0.454 e. The van der Waals surface area contributed by atoms with Gasteiger partial charge >= 0.3 is 0 Å². The molecule has 0 aliphatic rings. The third kappa shape index (κ3) is 4.78. The van der Waals surface area contributed by atoms with Gasteiger partial charge in [-0.2, -0.15) is 0 Å². The molecule has 11 rings (SSSR count). The fourth-order valence-corrected chi connectivity index (χ4v) is 8.07. The molecule has 0 bridgehead atoms. The second kappa shape index (κ2) is 12.1. The van der Waals surface area contributed by atoms with Crippen molar-refractivity contribution >= 4 is 72.0 Å². The molecule has 3 heterocycles. The van der Waals surface area contributed by atoms with Gasteiger partial charge in [0.05, 0.1) is 16.6 Å². The second-order valence-electron chi connectivity index (χ2n) is 13.7. The Hall–Kier alpha value is -7.30. The van der Waals surface area contributed by atoms with Crippen molar-refractivity contribution in [1.82, 2.24) is 4.57 Å². The van der Waals surface area contributed by atoms with Gasteiger partial charge in [-0.3, -0.25) is 4.57 Å². The first-order valence-electron chi connectivity index (χ1n) is 18.3. The van der Waals surface area contributed by atoms with E-state index < -0.39 is 0 Å². The molecule has 0 saturated heterocycles. The van der Waals surface area contributed by atoms with E-state index in [-0.39, 0.29) is 0 Å². The summed E-state index contributed by atoms with van der Waals surface area (Å²) in [5.41, 5.74) is 13.4. The average molecular weight is 693 g/mol. The van der Waals surface area contributed by atoms with Crippen molar-refractivity contribution in [3.8, 4) is 27.9 Å². The quantitative estimate of drug-likeness (QED) is 0.174. The monoisotopic (exact) mass is 692 g/mol. The number of hydrogen-bond donors (Lipinski definition) is 0. The first-order chi connectivity index (χ1) is 26.8. The van der Waals surface area contributed by atoms with Crippen LogP contribution in [0.15, 0.2) is 203 Å².